The number of hydrogen-bond acceptors (Lipinski definition) is 5. The lowest BCUT2D eigenvalue weighted by Gasteiger charge is -2.16. The van der Waals surface area contributed by atoms with Crippen LogP contribution in [0.5, 0.6) is 0 Å². The van der Waals surface area contributed by atoms with Crippen LogP contribution in [-0.4, -0.2) is 24.1 Å². The number of rotatable bonds is 6. The fourth-order valence-corrected chi connectivity index (χ4v) is 10.9. The van der Waals surface area contributed by atoms with Gasteiger partial charge < -0.3 is 13.4 Å². The molecule has 0 unspecified atom stereocenters. The van der Waals surface area contributed by atoms with E-state index in [0.717, 1.165) is 116 Å². The van der Waals surface area contributed by atoms with Crippen LogP contribution in [0.3, 0.4) is 0 Å². The van der Waals surface area contributed by atoms with Gasteiger partial charge in [0.25, 0.3) is 0 Å². The molecule has 7 heteroatoms. The molecule has 7 nitrogen and oxygen atoms in total. The van der Waals surface area contributed by atoms with E-state index in [1.807, 2.05) is 60.7 Å². The molecule has 0 fully saturated rings. The van der Waals surface area contributed by atoms with Gasteiger partial charge in [-0.2, -0.15) is 9.97 Å². The van der Waals surface area contributed by atoms with E-state index >= 15 is 0 Å². The first-order valence-corrected chi connectivity index (χ1v) is 23.5. The van der Waals surface area contributed by atoms with Gasteiger partial charge in [0.2, 0.25) is 5.95 Å². The second-order valence-corrected chi connectivity index (χ2v) is 17.9. The highest BCUT2D eigenvalue weighted by molar-refractivity contribution is 6.24. The SMILES string of the molecule is c1ccc(-c2nc(-c3ccc4oc5ccccc5c4c3)nc(-n3c4ccccc4c4c(-c5c(-c6ccccc6)ccc6c5c5ccccc5n6-c5ccc6oc7ccccc7c6c5)cccc43)n2)cc1. The molecule has 15 aromatic rings. The number of hydrogen-bond donors (Lipinski definition) is 0. The van der Waals surface area contributed by atoms with E-state index in [0.29, 0.717) is 17.6 Å². The lowest BCUT2D eigenvalue weighted by Crippen LogP contribution is -2.06. The van der Waals surface area contributed by atoms with E-state index in [2.05, 4.69) is 173 Å². The van der Waals surface area contributed by atoms with Gasteiger partial charge in [-0.25, -0.2) is 4.98 Å². The Morgan fingerprint density at radius 1 is 0.300 bits per heavy atom. The van der Waals surface area contributed by atoms with Gasteiger partial charge in [-0.15, -0.1) is 0 Å². The second-order valence-electron chi connectivity index (χ2n) is 17.9. The average Bonchev–Trinajstić information content (AvgIpc) is 4.19. The molecule has 0 bridgehead atoms. The number of furan rings is 2. The Kier molecular flexibility index (Phi) is 8.23. The van der Waals surface area contributed by atoms with Crippen molar-refractivity contribution in [2.24, 2.45) is 0 Å². The third kappa shape index (κ3) is 5.72. The fraction of sp³-hybridized carbons (Fsp3) is 0. The maximum atomic E-state index is 6.31. The lowest BCUT2D eigenvalue weighted by atomic mass is 9.88. The van der Waals surface area contributed by atoms with Crippen molar-refractivity contribution >= 4 is 87.5 Å². The molecule has 0 saturated heterocycles. The van der Waals surface area contributed by atoms with Crippen LogP contribution in [0.4, 0.5) is 0 Å². The first-order valence-electron chi connectivity index (χ1n) is 23.5. The summed E-state index contributed by atoms with van der Waals surface area (Å²) >= 11 is 0. The minimum absolute atomic E-state index is 0.532. The van der Waals surface area contributed by atoms with Gasteiger partial charge in [0.1, 0.15) is 22.3 Å². The fourth-order valence-electron chi connectivity index (χ4n) is 10.9. The second kappa shape index (κ2) is 15.0. The molecular formula is C63H37N5O2. The number of benzene rings is 10. The monoisotopic (exact) mass is 895 g/mol. The maximum absolute atomic E-state index is 6.31. The highest BCUT2D eigenvalue weighted by Gasteiger charge is 2.25. The van der Waals surface area contributed by atoms with E-state index < -0.39 is 0 Å². The summed E-state index contributed by atoms with van der Waals surface area (Å²) in [6, 6.07) is 78.8. The minimum atomic E-state index is 0.532. The maximum Gasteiger partial charge on any atom is 0.238 e. The average molecular weight is 896 g/mol. The molecule has 0 amide bonds. The minimum Gasteiger partial charge on any atom is -0.456 e. The lowest BCUT2D eigenvalue weighted by molar-refractivity contribution is 0.668. The molecule has 15 rings (SSSR count). The molecule has 0 radical (unpaired) electrons. The zero-order valence-corrected chi connectivity index (χ0v) is 37.4. The molecule has 5 heterocycles. The van der Waals surface area contributed by atoms with E-state index in [1.54, 1.807) is 0 Å². The van der Waals surface area contributed by atoms with Gasteiger partial charge in [-0.1, -0.05) is 152 Å². The van der Waals surface area contributed by atoms with Crippen LogP contribution in [0.2, 0.25) is 0 Å². The van der Waals surface area contributed by atoms with Crippen molar-refractivity contribution in [3.05, 3.63) is 224 Å². The molecule has 0 atom stereocenters. The number of para-hydroxylation sites is 4. The van der Waals surface area contributed by atoms with Gasteiger partial charge in [-0.3, -0.25) is 4.57 Å². The molecule has 0 spiro atoms. The van der Waals surface area contributed by atoms with Crippen LogP contribution in [0.25, 0.3) is 144 Å². The van der Waals surface area contributed by atoms with Crippen molar-refractivity contribution in [1.82, 2.24) is 24.1 Å². The first-order chi connectivity index (χ1) is 34.7. The van der Waals surface area contributed by atoms with Crippen LogP contribution in [0, 0.1) is 0 Å². The molecule has 0 saturated carbocycles. The van der Waals surface area contributed by atoms with Crippen LogP contribution in [-0.2, 0) is 0 Å². The Morgan fingerprint density at radius 2 is 0.829 bits per heavy atom. The van der Waals surface area contributed by atoms with E-state index in [4.69, 9.17) is 23.8 Å². The molecule has 0 aliphatic heterocycles. The van der Waals surface area contributed by atoms with Crippen molar-refractivity contribution in [3.8, 4) is 56.7 Å². The zero-order chi connectivity index (χ0) is 45.9. The van der Waals surface area contributed by atoms with E-state index in [9.17, 15) is 0 Å². The Hall–Kier alpha value is -9.59. The van der Waals surface area contributed by atoms with Gasteiger partial charge in [0.05, 0.1) is 22.1 Å². The zero-order valence-electron chi connectivity index (χ0n) is 37.4. The van der Waals surface area contributed by atoms with Crippen molar-refractivity contribution in [3.63, 3.8) is 0 Å². The molecule has 10 aromatic carbocycles. The summed E-state index contributed by atoms with van der Waals surface area (Å²) in [5.41, 5.74) is 15.0. The third-order valence-corrected chi connectivity index (χ3v) is 14.0. The summed E-state index contributed by atoms with van der Waals surface area (Å²) < 4.78 is 17.2. The van der Waals surface area contributed by atoms with Crippen molar-refractivity contribution in [2.45, 2.75) is 0 Å². The number of aromatic nitrogens is 5. The Bertz CT molecular complexity index is 4600. The molecule has 5 aromatic heterocycles. The summed E-state index contributed by atoms with van der Waals surface area (Å²) in [7, 11) is 0. The predicted molar refractivity (Wildman–Crippen MR) is 285 cm³/mol. The first kappa shape index (κ1) is 38.5. The summed E-state index contributed by atoms with van der Waals surface area (Å²) in [4.78, 5) is 15.9. The smallest absolute Gasteiger partial charge is 0.238 e. The normalized spacial score (nSPS) is 12.0. The van der Waals surface area contributed by atoms with Crippen LogP contribution >= 0.6 is 0 Å². The van der Waals surface area contributed by atoms with E-state index in [1.165, 1.54) is 10.8 Å². The molecule has 0 N–H and O–H groups in total. The highest BCUT2D eigenvalue weighted by atomic mass is 16.3. The summed E-state index contributed by atoms with van der Waals surface area (Å²) in [6.07, 6.45) is 0. The van der Waals surface area contributed by atoms with Crippen LogP contribution < -0.4 is 0 Å². The standard InChI is InChI=1S/C63H37N5O2/c1-3-16-38(17-4-1)42-32-33-53-60(46-23-8-11-25-50(46)67(53)41-31-35-57-49(37-41)44-21-10-14-29-55(44)70-57)59(42)47-24-15-27-52-58(47)45-22-7-12-26-51(45)68(52)63-65-61(39-18-5-2-6-19-39)64-62(66-63)40-30-34-56-48(36-40)43-20-9-13-28-54(43)69-56/h1-37H. The largest absolute Gasteiger partial charge is 0.456 e. The van der Waals surface area contributed by atoms with Gasteiger partial charge >= 0.3 is 0 Å². The Morgan fingerprint density at radius 3 is 1.54 bits per heavy atom. The van der Waals surface area contributed by atoms with Crippen molar-refractivity contribution in [2.75, 3.05) is 0 Å². The summed E-state index contributed by atoms with van der Waals surface area (Å²) in [5, 5.41) is 8.80. The quantitative estimate of drug-likeness (QED) is 0.166. The molecule has 0 aliphatic carbocycles. The molecular weight excluding hydrogens is 859 g/mol. The highest BCUT2D eigenvalue weighted by Crippen LogP contribution is 2.48. The molecule has 326 valence electrons. The summed E-state index contributed by atoms with van der Waals surface area (Å²) in [6.45, 7) is 0. The van der Waals surface area contributed by atoms with Gasteiger partial charge in [0, 0.05) is 65.5 Å². The third-order valence-electron chi connectivity index (χ3n) is 14.0. The molecule has 70 heavy (non-hydrogen) atoms. The number of fused-ring (bicyclic) bond motifs is 12. The van der Waals surface area contributed by atoms with Crippen molar-refractivity contribution < 1.29 is 8.83 Å². The Balaban J connectivity index is 1.02. The van der Waals surface area contributed by atoms with E-state index in [-0.39, 0.29) is 0 Å². The predicted octanol–water partition coefficient (Wildman–Crippen LogP) is 16.5. The number of nitrogens with zero attached hydrogens (tertiary/aromatic N) is 5. The molecule has 0 aliphatic rings. The topological polar surface area (TPSA) is 74.8 Å². The van der Waals surface area contributed by atoms with Gasteiger partial charge in [-0.05, 0) is 89.5 Å². The van der Waals surface area contributed by atoms with Crippen molar-refractivity contribution in [1.29, 1.82) is 0 Å². The van der Waals surface area contributed by atoms with Gasteiger partial charge in [0.15, 0.2) is 11.6 Å². The Labute approximate surface area is 399 Å². The van der Waals surface area contributed by atoms with Crippen LogP contribution in [0.1, 0.15) is 0 Å². The van der Waals surface area contributed by atoms with Crippen LogP contribution in [0.15, 0.2) is 233 Å². The summed E-state index contributed by atoms with van der Waals surface area (Å²) in [5.74, 6) is 1.69.